The number of anilines is 2. The van der Waals surface area contributed by atoms with Crippen molar-refractivity contribution in [3.63, 3.8) is 0 Å². The second-order valence-corrected chi connectivity index (χ2v) is 6.77. The SMILES string of the molecule is Nc1c(C(=O)Nc2ccccc2Cl)c2ccccn2c1C(=O)c1ccc(F)cc1. The second-order valence-electron chi connectivity index (χ2n) is 6.36. The van der Waals surface area contributed by atoms with Crippen LogP contribution in [0.2, 0.25) is 5.02 Å². The number of fused-ring (bicyclic) bond motifs is 1. The Bertz CT molecular complexity index is 1250. The normalized spacial score (nSPS) is 10.8. The zero-order valence-corrected chi connectivity index (χ0v) is 15.8. The van der Waals surface area contributed by atoms with E-state index in [1.165, 1.54) is 24.3 Å². The van der Waals surface area contributed by atoms with Crippen LogP contribution in [0.4, 0.5) is 15.8 Å². The number of hydrogen-bond donors (Lipinski definition) is 2. The molecule has 0 aliphatic rings. The number of carbonyl (C=O) groups is 2. The van der Waals surface area contributed by atoms with Gasteiger partial charge < -0.3 is 15.5 Å². The van der Waals surface area contributed by atoms with E-state index in [2.05, 4.69) is 5.32 Å². The Morgan fingerprint density at radius 1 is 0.966 bits per heavy atom. The molecule has 0 saturated carbocycles. The first-order valence-electron chi connectivity index (χ1n) is 8.72. The predicted octanol–water partition coefficient (Wildman–Crippen LogP) is 4.80. The fraction of sp³-hybridized carbons (Fsp3) is 0. The van der Waals surface area contributed by atoms with Crippen molar-refractivity contribution < 1.29 is 14.0 Å². The van der Waals surface area contributed by atoms with Gasteiger partial charge in [0.1, 0.15) is 11.5 Å². The van der Waals surface area contributed by atoms with Gasteiger partial charge >= 0.3 is 0 Å². The lowest BCUT2D eigenvalue weighted by Gasteiger charge is -2.07. The number of benzene rings is 2. The van der Waals surface area contributed by atoms with Crippen LogP contribution in [0.5, 0.6) is 0 Å². The number of para-hydroxylation sites is 1. The van der Waals surface area contributed by atoms with E-state index < -0.39 is 17.5 Å². The highest BCUT2D eigenvalue weighted by Gasteiger charge is 2.26. The van der Waals surface area contributed by atoms with E-state index in [1.807, 2.05) is 0 Å². The summed E-state index contributed by atoms with van der Waals surface area (Å²) < 4.78 is 14.8. The third-order valence-corrected chi connectivity index (χ3v) is 4.88. The molecule has 0 aliphatic heterocycles. The van der Waals surface area contributed by atoms with Gasteiger partial charge in [0.05, 0.1) is 27.5 Å². The van der Waals surface area contributed by atoms with E-state index in [9.17, 15) is 14.0 Å². The molecule has 0 fully saturated rings. The lowest BCUT2D eigenvalue weighted by atomic mass is 10.1. The van der Waals surface area contributed by atoms with E-state index in [0.29, 0.717) is 16.2 Å². The molecule has 1 amide bonds. The third-order valence-electron chi connectivity index (χ3n) is 4.55. The summed E-state index contributed by atoms with van der Waals surface area (Å²) in [7, 11) is 0. The number of nitrogens with two attached hydrogens (primary N) is 1. The first kappa shape index (κ1) is 18.7. The Labute approximate surface area is 170 Å². The van der Waals surface area contributed by atoms with E-state index in [0.717, 1.165) is 0 Å². The molecule has 4 aromatic rings. The highest BCUT2D eigenvalue weighted by atomic mass is 35.5. The number of nitrogens with zero attached hydrogens (tertiary/aromatic N) is 1. The van der Waals surface area contributed by atoms with Crippen molar-refractivity contribution in [2.24, 2.45) is 0 Å². The van der Waals surface area contributed by atoms with Gasteiger partial charge in [0, 0.05) is 11.8 Å². The molecule has 144 valence electrons. The van der Waals surface area contributed by atoms with Crippen LogP contribution in [0, 0.1) is 5.82 Å². The highest BCUT2D eigenvalue weighted by Crippen LogP contribution is 2.30. The molecule has 29 heavy (non-hydrogen) atoms. The molecule has 2 aromatic heterocycles. The molecule has 4 rings (SSSR count). The van der Waals surface area contributed by atoms with Crippen molar-refractivity contribution >= 4 is 40.2 Å². The molecular weight excluding hydrogens is 393 g/mol. The molecule has 0 bridgehead atoms. The molecule has 0 radical (unpaired) electrons. The fourth-order valence-corrected chi connectivity index (χ4v) is 3.37. The smallest absolute Gasteiger partial charge is 0.260 e. The molecule has 7 heteroatoms. The monoisotopic (exact) mass is 407 g/mol. The van der Waals surface area contributed by atoms with Crippen LogP contribution in [0.25, 0.3) is 5.52 Å². The molecule has 0 spiro atoms. The summed E-state index contributed by atoms with van der Waals surface area (Å²) in [5.74, 6) is -1.35. The zero-order valence-electron chi connectivity index (χ0n) is 15.0. The van der Waals surface area contributed by atoms with Gasteiger partial charge in [0.15, 0.2) is 0 Å². The lowest BCUT2D eigenvalue weighted by molar-refractivity contribution is 0.102. The Morgan fingerprint density at radius 2 is 1.66 bits per heavy atom. The van der Waals surface area contributed by atoms with Gasteiger partial charge in [-0.25, -0.2) is 4.39 Å². The Hall–Kier alpha value is -3.64. The van der Waals surface area contributed by atoms with Gasteiger partial charge in [-0.15, -0.1) is 0 Å². The fourth-order valence-electron chi connectivity index (χ4n) is 3.18. The van der Waals surface area contributed by atoms with Crippen LogP contribution in [0.3, 0.4) is 0 Å². The molecule has 0 atom stereocenters. The first-order valence-corrected chi connectivity index (χ1v) is 9.10. The minimum atomic E-state index is -0.488. The number of carbonyl (C=O) groups excluding carboxylic acids is 2. The molecule has 0 aliphatic carbocycles. The number of nitrogen functional groups attached to an aromatic ring is 1. The van der Waals surface area contributed by atoms with Crippen LogP contribution >= 0.6 is 11.6 Å². The summed E-state index contributed by atoms with van der Waals surface area (Å²) in [6.45, 7) is 0. The van der Waals surface area contributed by atoms with Crippen molar-refractivity contribution in [3.05, 3.63) is 101 Å². The average molecular weight is 408 g/mol. The number of aromatic nitrogens is 1. The van der Waals surface area contributed by atoms with Gasteiger partial charge in [-0.2, -0.15) is 0 Å². The highest BCUT2D eigenvalue weighted by molar-refractivity contribution is 6.34. The molecule has 0 unspecified atom stereocenters. The maximum Gasteiger partial charge on any atom is 0.260 e. The summed E-state index contributed by atoms with van der Waals surface area (Å²) in [4.78, 5) is 26.1. The molecule has 2 heterocycles. The Kier molecular flexibility index (Phi) is 4.78. The molecular formula is C22H15ClFN3O2. The number of halogens is 2. The van der Waals surface area contributed by atoms with Crippen molar-refractivity contribution in [2.75, 3.05) is 11.1 Å². The number of nitrogens with one attached hydrogen (secondary N) is 1. The van der Waals surface area contributed by atoms with Crippen LogP contribution < -0.4 is 11.1 Å². The first-order chi connectivity index (χ1) is 14.0. The summed E-state index contributed by atoms with van der Waals surface area (Å²) in [6.07, 6.45) is 1.65. The Morgan fingerprint density at radius 3 is 2.38 bits per heavy atom. The van der Waals surface area contributed by atoms with Crippen molar-refractivity contribution in [2.45, 2.75) is 0 Å². The van der Waals surface area contributed by atoms with Crippen molar-refractivity contribution in [3.8, 4) is 0 Å². The number of hydrogen-bond acceptors (Lipinski definition) is 3. The number of amides is 1. The van der Waals surface area contributed by atoms with Crippen LogP contribution in [-0.2, 0) is 0 Å². The van der Waals surface area contributed by atoms with Gasteiger partial charge in [0.2, 0.25) is 5.78 Å². The number of rotatable bonds is 4. The number of pyridine rings is 1. The van der Waals surface area contributed by atoms with Gasteiger partial charge in [-0.3, -0.25) is 9.59 Å². The van der Waals surface area contributed by atoms with Gasteiger partial charge in [0.25, 0.3) is 5.91 Å². The van der Waals surface area contributed by atoms with Crippen LogP contribution in [-0.4, -0.2) is 16.1 Å². The van der Waals surface area contributed by atoms with E-state index >= 15 is 0 Å². The topological polar surface area (TPSA) is 76.6 Å². The largest absolute Gasteiger partial charge is 0.396 e. The minimum absolute atomic E-state index is 0.0371. The van der Waals surface area contributed by atoms with Crippen LogP contribution in [0.1, 0.15) is 26.4 Å². The van der Waals surface area contributed by atoms with E-state index in [-0.39, 0.29) is 22.5 Å². The molecule has 5 nitrogen and oxygen atoms in total. The molecule has 0 saturated heterocycles. The maximum atomic E-state index is 13.2. The molecule has 3 N–H and O–H groups in total. The van der Waals surface area contributed by atoms with Gasteiger partial charge in [-0.05, 0) is 48.5 Å². The van der Waals surface area contributed by atoms with E-state index in [1.54, 1.807) is 53.1 Å². The molecule has 2 aromatic carbocycles. The average Bonchev–Trinajstić information content (AvgIpc) is 3.01. The second kappa shape index (κ2) is 7.41. The van der Waals surface area contributed by atoms with Gasteiger partial charge in [-0.1, -0.05) is 29.8 Å². The lowest BCUT2D eigenvalue weighted by Crippen LogP contribution is -2.14. The summed E-state index contributed by atoms with van der Waals surface area (Å²) in [6, 6.07) is 17.1. The quantitative estimate of drug-likeness (QED) is 0.477. The standard InChI is InChI=1S/C22H15ClFN3O2/c23-15-5-1-2-6-16(15)26-22(29)18-17-7-3-4-12-27(17)20(19(18)25)21(28)13-8-10-14(24)11-9-13/h1-12H,25H2,(H,26,29). The maximum absolute atomic E-state index is 13.2. The van der Waals surface area contributed by atoms with Crippen molar-refractivity contribution in [1.82, 2.24) is 4.40 Å². The minimum Gasteiger partial charge on any atom is -0.396 e. The summed E-state index contributed by atoms with van der Waals surface area (Å²) >= 11 is 6.13. The number of ketones is 1. The third kappa shape index (κ3) is 3.34. The predicted molar refractivity (Wildman–Crippen MR) is 111 cm³/mol. The zero-order chi connectivity index (χ0) is 20.5. The summed E-state index contributed by atoms with van der Waals surface area (Å²) in [5, 5.41) is 3.11. The van der Waals surface area contributed by atoms with Crippen LogP contribution in [0.15, 0.2) is 72.9 Å². The van der Waals surface area contributed by atoms with E-state index in [4.69, 9.17) is 17.3 Å². The Balaban J connectivity index is 1.83. The van der Waals surface area contributed by atoms with Crippen molar-refractivity contribution in [1.29, 1.82) is 0 Å². The summed E-state index contributed by atoms with van der Waals surface area (Å²) in [5.41, 5.74) is 7.77.